The van der Waals surface area contributed by atoms with E-state index in [2.05, 4.69) is 10.3 Å². The van der Waals surface area contributed by atoms with Gasteiger partial charge in [-0.3, -0.25) is 14.1 Å². The number of phosphoric acid groups is 1. The maximum atomic E-state index is 12.6. The van der Waals surface area contributed by atoms with Gasteiger partial charge < -0.3 is 74.6 Å². The van der Waals surface area contributed by atoms with E-state index in [9.17, 15) is 49.5 Å². The molecule has 0 bridgehead atoms. The molecular weight excluding hydrogens is 944 g/mol. The van der Waals surface area contributed by atoms with Gasteiger partial charge >= 0.3 is 7.82 Å². The van der Waals surface area contributed by atoms with E-state index >= 15 is 0 Å². The maximum absolute atomic E-state index is 12.6. The predicted octanol–water partition coefficient (Wildman–Crippen LogP) is 3.65. The van der Waals surface area contributed by atoms with Crippen molar-refractivity contribution in [3.8, 4) is 0 Å². The topological polar surface area (TPSA) is 306 Å². The third kappa shape index (κ3) is 17.0. The summed E-state index contributed by atoms with van der Waals surface area (Å²) in [6, 6.07) is -0.597. The molecule has 2 fully saturated rings. The van der Waals surface area contributed by atoms with E-state index in [1.165, 1.54) is 26.6 Å². The van der Waals surface area contributed by atoms with Crippen LogP contribution in [0.15, 0.2) is 63.9 Å². The van der Waals surface area contributed by atoms with Crippen molar-refractivity contribution in [2.24, 2.45) is 28.9 Å². The molecule has 3 heterocycles. The Labute approximate surface area is 419 Å². The Morgan fingerprint density at radius 1 is 1.06 bits per heavy atom. The second kappa shape index (κ2) is 27.2. The molecule has 10 N–H and O–H groups in total. The maximum Gasteiger partial charge on any atom is 0.469 e. The van der Waals surface area contributed by atoms with Gasteiger partial charge in [0.25, 0.3) is 5.91 Å². The first-order valence-electron chi connectivity index (χ1n) is 24.1. The average molecular weight is 1030 g/mol. The van der Waals surface area contributed by atoms with Crippen LogP contribution in [-0.2, 0) is 37.6 Å². The molecule has 6 unspecified atom stereocenters. The fraction of sp³-hybridized carbons (Fsp3) is 0.700. The van der Waals surface area contributed by atoms with Gasteiger partial charge in [0.2, 0.25) is 5.91 Å². The Bertz CT molecular complexity index is 2080. The first-order chi connectivity index (χ1) is 33.0. The summed E-state index contributed by atoms with van der Waals surface area (Å²) in [6.45, 7) is 16.4. The van der Waals surface area contributed by atoms with Gasteiger partial charge in [-0.15, -0.1) is 0 Å². The van der Waals surface area contributed by atoms with Crippen LogP contribution in [-0.4, -0.2) is 165 Å². The zero-order valence-electron chi connectivity index (χ0n) is 43.7. The van der Waals surface area contributed by atoms with Crippen LogP contribution in [0.1, 0.15) is 105 Å². The summed E-state index contributed by atoms with van der Waals surface area (Å²) in [5, 5.41) is 58.3. The van der Waals surface area contributed by atoms with E-state index < -0.39 is 110 Å². The van der Waals surface area contributed by atoms with Crippen LogP contribution in [0, 0.1) is 23.2 Å². The number of hydrogen-bond acceptors (Lipinski definition) is 16. The number of aliphatic hydroxyl groups is 5. The number of rotatable bonds is 27. The number of nitrogens with one attached hydrogen (secondary N) is 1. The number of methoxy groups -OCH3 is 2. The van der Waals surface area contributed by atoms with E-state index in [0.29, 0.717) is 23.6 Å². The lowest BCUT2D eigenvalue weighted by Crippen LogP contribution is -2.58. The molecule has 2 aliphatic heterocycles. The molecule has 0 saturated carbocycles. The Morgan fingerprint density at radius 3 is 2.31 bits per heavy atom. The normalized spacial score (nSPS) is 27.5. The minimum absolute atomic E-state index is 0.0709. The molecule has 20 nitrogen and oxygen atoms in total. The highest BCUT2D eigenvalue weighted by atomic mass is 31.2. The Balaban J connectivity index is 1.74. The number of ether oxygens (including phenoxy) is 4. The standard InChI is InChI=1S/C50H83N4O16P/c1-28(22-41(51)57)16-14-17-29(2)31(4)23-32(5)42(58)34(7)37(55)24-40(66-13)45-46(70-71(62,63)64)49(8,9)50(69-45)25-38(56)33(6)39(68-50)19-15-18-35-26-67-48(53-35)30(3)20-21-52-47(61)44(60)43(59)36(27-65-12)54(10)11/h14-18,22-23,26,30,32-34,36-40,42-46,55-56,58-60H,19-21,24-25,27H2,1-13H3,(H2,51,57)(H,52,61)(H2,62,63,64)/b16-14+,18-15+,28-22+,29-17+,31-23+/t30?,32?,33-,34?,36-,37-,38+,39?,40-,42+,43?,44-,45+,46-,50?/m0/s1. The van der Waals surface area contributed by atoms with Crippen molar-refractivity contribution in [2.45, 2.75) is 161 Å². The molecule has 15 atom stereocenters. The van der Waals surface area contributed by atoms with Crippen molar-refractivity contribution < 1.29 is 77.4 Å². The summed E-state index contributed by atoms with van der Waals surface area (Å²) in [6.07, 6.45) is 3.69. The Kier molecular flexibility index (Phi) is 23.7. The van der Waals surface area contributed by atoms with E-state index in [1.807, 2.05) is 46.8 Å². The third-order valence-electron chi connectivity index (χ3n) is 14.1. The average Bonchev–Trinajstić information content (AvgIpc) is 3.83. The Hall–Kier alpha value is -3.44. The van der Waals surface area contributed by atoms with Crippen LogP contribution in [0.5, 0.6) is 0 Å². The molecule has 1 aromatic heterocycles. The molecular formula is C50H83N4O16P. The second-order valence-corrected chi connectivity index (χ2v) is 21.3. The summed E-state index contributed by atoms with van der Waals surface area (Å²) in [5.74, 6) is -4.23. The van der Waals surface area contributed by atoms with E-state index in [1.54, 1.807) is 71.0 Å². The zero-order valence-corrected chi connectivity index (χ0v) is 44.6. The van der Waals surface area contributed by atoms with Gasteiger partial charge in [-0.25, -0.2) is 9.55 Å². The number of aromatic nitrogens is 1. The van der Waals surface area contributed by atoms with Crippen LogP contribution in [0.4, 0.5) is 0 Å². The number of oxazole rings is 1. The molecule has 1 aromatic rings. The summed E-state index contributed by atoms with van der Waals surface area (Å²) >= 11 is 0. The van der Waals surface area contributed by atoms with E-state index in [0.717, 1.165) is 11.1 Å². The number of primary amides is 1. The molecule has 21 heteroatoms. The van der Waals surface area contributed by atoms with Crippen molar-refractivity contribution in [2.75, 3.05) is 41.5 Å². The molecule has 0 aliphatic carbocycles. The number of hydrogen-bond donors (Lipinski definition) is 9. The highest BCUT2D eigenvalue weighted by Gasteiger charge is 2.68. The minimum atomic E-state index is -5.16. The lowest BCUT2D eigenvalue weighted by atomic mass is 9.72. The lowest BCUT2D eigenvalue weighted by Gasteiger charge is -2.50. The fourth-order valence-corrected chi connectivity index (χ4v) is 9.77. The highest BCUT2D eigenvalue weighted by Crippen LogP contribution is 2.59. The summed E-state index contributed by atoms with van der Waals surface area (Å²) in [7, 11) is 1.10. The predicted molar refractivity (Wildman–Crippen MR) is 266 cm³/mol. The molecule has 2 amide bonds. The molecule has 3 rings (SSSR count). The fourth-order valence-electron chi connectivity index (χ4n) is 9.09. The highest BCUT2D eigenvalue weighted by molar-refractivity contribution is 7.46. The number of amides is 2. The molecule has 0 radical (unpaired) electrons. The number of carbonyl (C=O) groups is 2. The number of nitrogens with two attached hydrogens (primary N) is 1. The molecule has 71 heavy (non-hydrogen) atoms. The molecule has 1 spiro atoms. The summed E-state index contributed by atoms with van der Waals surface area (Å²) < 4.78 is 48.2. The van der Waals surface area contributed by atoms with E-state index in [-0.39, 0.29) is 38.3 Å². The molecule has 0 aromatic carbocycles. The smallest absolute Gasteiger partial charge is 0.448 e. The summed E-state index contributed by atoms with van der Waals surface area (Å²) in [4.78, 5) is 50.4. The number of likely N-dealkylation sites (N-methyl/N-ethyl adjacent to an activating group) is 1. The van der Waals surface area contributed by atoms with Gasteiger partial charge in [-0.05, 0) is 64.9 Å². The third-order valence-corrected chi connectivity index (χ3v) is 14.6. The number of phosphoric ester groups is 1. The zero-order chi connectivity index (χ0) is 53.8. The molecule has 404 valence electrons. The lowest BCUT2D eigenvalue weighted by molar-refractivity contribution is -0.334. The van der Waals surface area contributed by atoms with Crippen LogP contribution in [0.2, 0.25) is 0 Å². The van der Waals surface area contributed by atoms with Crippen LogP contribution in [0.25, 0.3) is 6.08 Å². The van der Waals surface area contributed by atoms with Crippen molar-refractivity contribution >= 4 is 25.7 Å². The number of aliphatic hydroxyl groups excluding tert-OH is 5. The van der Waals surface area contributed by atoms with Gasteiger partial charge in [-0.1, -0.05) is 77.5 Å². The van der Waals surface area contributed by atoms with Gasteiger partial charge in [0.1, 0.15) is 30.3 Å². The number of carbonyl (C=O) groups excluding carboxylic acids is 2. The van der Waals surface area contributed by atoms with Gasteiger partial charge in [-0.2, -0.15) is 0 Å². The van der Waals surface area contributed by atoms with Crippen molar-refractivity contribution in [1.29, 1.82) is 0 Å². The largest absolute Gasteiger partial charge is 0.469 e. The first kappa shape index (κ1) is 61.9. The minimum Gasteiger partial charge on any atom is -0.448 e. The first-order valence-corrected chi connectivity index (χ1v) is 25.6. The Morgan fingerprint density at radius 2 is 1.72 bits per heavy atom. The van der Waals surface area contributed by atoms with Crippen molar-refractivity contribution in [3.63, 3.8) is 0 Å². The van der Waals surface area contributed by atoms with Crippen LogP contribution >= 0.6 is 7.82 Å². The van der Waals surface area contributed by atoms with Gasteiger partial charge in [0.05, 0.1) is 43.2 Å². The molecule has 2 saturated heterocycles. The van der Waals surface area contributed by atoms with Gasteiger partial charge in [0.15, 0.2) is 17.8 Å². The SMILES string of the molecule is COC[C@@H](C(O)[C@H](O)C(=O)NCCC(C)c1nc(/C=C/CC2OC3(C[C@@H](O)[C@@H]2C)O[C@H]([C@H](C[C@H](O)C(C)[C@H](O)C(C)/C=C(C)/C(C)=C/C=C/C(C)=C/C(N)=O)OC)[C@H](OP(=O)(O)O)C3(C)C)co1)N(C)C. The number of nitrogens with zero attached hydrogens (tertiary/aromatic N) is 2. The van der Waals surface area contributed by atoms with Crippen LogP contribution < -0.4 is 11.1 Å². The second-order valence-electron chi connectivity index (χ2n) is 20.1. The number of allylic oxidation sites excluding steroid dienone is 6. The monoisotopic (exact) mass is 1030 g/mol. The van der Waals surface area contributed by atoms with Crippen molar-refractivity contribution in [1.82, 2.24) is 15.2 Å². The van der Waals surface area contributed by atoms with Crippen molar-refractivity contribution in [3.05, 3.63) is 71.0 Å². The quantitative estimate of drug-likeness (QED) is 0.0345. The van der Waals surface area contributed by atoms with Crippen LogP contribution in [0.3, 0.4) is 0 Å². The summed E-state index contributed by atoms with van der Waals surface area (Å²) in [5.41, 5.74) is 6.90. The van der Waals surface area contributed by atoms with Gasteiger partial charge in [0, 0.05) is 68.8 Å². The molecule has 2 aliphatic rings. The van der Waals surface area contributed by atoms with E-state index in [4.69, 9.17) is 33.6 Å².